The number of aryl methyl sites for hydroxylation is 2. The van der Waals surface area contributed by atoms with Crippen LogP contribution in [0.3, 0.4) is 0 Å². The van der Waals surface area contributed by atoms with E-state index in [1.807, 2.05) is 25.8 Å². The third-order valence-electron chi connectivity index (χ3n) is 3.55. The third kappa shape index (κ3) is 3.36. The zero-order valence-corrected chi connectivity index (χ0v) is 13.7. The smallest absolute Gasteiger partial charge is 0.161 e. The molecule has 2 N–H and O–H groups in total. The maximum absolute atomic E-state index is 5.88. The topological polar surface area (TPSA) is 55.0 Å². The molecule has 1 aromatic heterocycles. The van der Waals surface area contributed by atoms with Gasteiger partial charge in [0, 0.05) is 13.6 Å². The molecule has 2 rings (SSSR count). The summed E-state index contributed by atoms with van der Waals surface area (Å²) in [5, 5.41) is 8.48. The van der Waals surface area contributed by atoms with E-state index in [1.54, 1.807) is 0 Å². The second kappa shape index (κ2) is 6.18. The lowest BCUT2D eigenvalue weighted by Crippen LogP contribution is -2.25. The third-order valence-corrected chi connectivity index (χ3v) is 3.75. The molecular formula is C16H20N4S. The van der Waals surface area contributed by atoms with Gasteiger partial charge in [0.2, 0.25) is 0 Å². The van der Waals surface area contributed by atoms with Gasteiger partial charge in [-0.25, -0.2) is 0 Å². The number of anilines is 1. The fourth-order valence-electron chi connectivity index (χ4n) is 2.32. The summed E-state index contributed by atoms with van der Waals surface area (Å²) in [5.41, 5.74) is 11.0. The Labute approximate surface area is 131 Å². The first-order valence-electron chi connectivity index (χ1n) is 6.80. The highest BCUT2D eigenvalue weighted by atomic mass is 32.1. The summed E-state index contributed by atoms with van der Waals surface area (Å²) in [6.45, 7) is 6.70. The summed E-state index contributed by atoms with van der Waals surface area (Å²) >= 11 is 5.18. The zero-order valence-electron chi connectivity index (χ0n) is 12.8. The second-order valence-electron chi connectivity index (χ2n) is 5.32. The molecule has 0 aliphatic rings. The normalized spacial score (nSPS) is 10.5. The first-order chi connectivity index (χ1) is 9.90. The molecular weight excluding hydrogens is 280 g/mol. The molecule has 0 aliphatic heterocycles. The van der Waals surface area contributed by atoms with Gasteiger partial charge in [-0.2, -0.15) is 5.10 Å². The summed E-state index contributed by atoms with van der Waals surface area (Å²) < 4.78 is 0. The van der Waals surface area contributed by atoms with Crippen LogP contribution in [-0.2, 0) is 6.54 Å². The highest BCUT2D eigenvalue weighted by molar-refractivity contribution is 7.80. The number of nitrogens with zero attached hydrogens (tertiary/aromatic N) is 3. The molecule has 0 fully saturated rings. The molecule has 0 saturated heterocycles. The maximum atomic E-state index is 5.88. The Kier molecular flexibility index (Phi) is 4.53. The zero-order chi connectivity index (χ0) is 15.6. The van der Waals surface area contributed by atoms with E-state index in [9.17, 15) is 0 Å². The predicted octanol–water partition coefficient (Wildman–Crippen LogP) is 2.67. The molecule has 0 atom stereocenters. The van der Waals surface area contributed by atoms with Crippen molar-refractivity contribution in [3.05, 3.63) is 52.2 Å². The minimum absolute atomic E-state index is 0.358. The van der Waals surface area contributed by atoms with Crippen molar-refractivity contribution in [3.8, 4) is 0 Å². The largest absolute Gasteiger partial charge is 0.389 e. The van der Waals surface area contributed by atoms with E-state index in [-0.39, 0.29) is 0 Å². The molecule has 0 saturated carbocycles. The summed E-state index contributed by atoms with van der Waals surface area (Å²) in [7, 11) is 1.98. The molecule has 0 spiro atoms. The predicted molar refractivity (Wildman–Crippen MR) is 90.7 cm³/mol. The molecule has 4 nitrogen and oxygen atoms in total. The van der Waals surface area contributed by atoms with Gasteiger partial charge in [0.15, 0.2) is 5.82 Å². The van der Waals surface area contributed by atoms with E-state index in [0.717, 1.165) is 29.2 Å². The standard InChI is InChI=1S/C16H20N4S/c1-10-6-5-7-13(8-10)9-20(4)16-14(15(17)21)11(2)12(3)18-19-16/h5-8H,9H2,1-4H3,(H2,17,21). The number of hydrogen-bond acceptors (Lipinski definition) is 4. The van der Waals surface area contributed by atoms with Gasteiger partial charge in [-0.1, -0.05) is 42.0 Å². The number of benzene rings is 1. The number of rotatable bonds is 4. The molecule has 1 aromatic carbocycles. The monoisotopic (exact) mass is 300 g/mol. The Bertz CT molecular complexity index is 682. The van der Waals surface area contributed by atoms with Gasteiger partial charge in [0.05, 0.1) is 11.3 Å². The van der Waals surface area contributed by atoms with E-state index in [1.165, 1.54) is 11.1 Å². The van der Waals surface area contributed by atoms with Crippen molar-refractivity contribution in [1.29, 1.82) is 0 Å². The Balaban J connectivity index is 2.37. The summed E-state index contributed by atoms with van der Waals surface area (Å²) in [6.07, 6.45) is 0. The van der Waals surface area contributed by atoms with E-state index in [4.69, 9.17) is 18.0 Å². The SMILES string of the molecule is Cc1cccc(CN(C)c2nnc(C)c(C)c2C(N)=S)c1. The fraction of sp³-hybridized carbons (Fsp3) is 0.312. The molecule has 0 bridgehead atoms. The van der Waals surface area contributed by atoms with Crippen LogP contribution >= 0.6 is 12.2 Å². The Morgan fingerprint density at radius 3 is 2.57 bits per heavy atom. The van der Waals surface area contributed by atoms with E-state index in [0.29, 0.717) is 4.99 Å². The van der Waals surface area contributed by atoms with Gasteiger partial charge >= 0.3 is 0 Å². The van der Waals surface area contributed by atoms with E-state index >= 15 is 0 Å². The minimum Gasteiger partial charge on any atom is -0.389 e. The van der Waals surface area contributed by atoms with Gasteiger partial charge in [-0.3, -0.25) is 0 Å². The van der Waals surface area contributed by atoms with Crippen LogP contribution in [0.25, 0.3) is 0 Å². The number of hydrogen-bond donors (Lipinski definition) is 1. The number of nitrogens with two attached hydrogens (primary N) is 1. The van der Waals surface area contributed by atoms with Crippen molar-refractivity contribution in [2.45, 2.75) is 27.3 Å². The molecule has 2 aromatic rings. The molecule has 0 radical (unpaired) electrons. The van der Waals surface area contributed by atoms with Crippen LogP contribution in [0.4, 0.5) is 5.82 Å². The van der Waals surface area contributed by atoms with Crippen molar-refractivity contribution in [1.82, 2.24) is 10.2 Å². The van der Waals surface area contributed by atoms with Crippen LogP contribution in [0.15, 0.2) is 24.3 Å². The van der Waals surface area contributed by atoms with Crippen LogP contribution in [0.2, 0.25) is 0 Å². The minimum atomic E-state index is 0.358. The van der Waals surface area contributed by atoms with Crippen LogP contribution in [0.1, 0.15) is 27.9 Å². The first kappa shape index (κ1) is 15.4. The van der Waals surface area contributed by atoms with Gasteiger partial charge < -0.3 is 10.6 Å². The van der Waals surface area contributed by atoms with Crippen LogP contribution in [0, 0.1) is 20.8 Å². The van der Waals surface area contributed by atoms with Crippen molar-refractivity contribution < 1.29 is 0 Å². The van der Waals surface area contributed by atoms with Crippen molar-refractivity contribution >= 4 is 23.0 Å². The van der Waals surface area contributed by atoms with E-state index < -0.39 is 0 Å². The lowest BCUT2D eigenvalue weighted by Gasteiger charge is -2.22. The van der Waals surface area contributed by atoms with E-state index in [2.05, 4.69) is 41.4 Å². The molecule has 0 amide bonds. The summed E-state index contributed by atoms with van der Waals surface area (Å²) in [5.74, 6) is 0.729. The van der Waals surface area contributed by atoms with Crippen molar-refractivity contribution in [2.24, 2.45) is 5.73 Å². The Morgan fingerprint density at radius 2 is 1.95 bits per heavy atom. The highest BCUT2D eigenvalue weighted by Crippen LogP contribution is 2.22. The summed E-state index contributed by atoms with van der Waals surface area (Å²) in [4.78, 5) is 2.39. The summed E-state index contributed by atoms with van der Waals surface area (Å²) in [6, 6.07) is 8.39. The number of aromatic nitrogens is 2. The van der Waals surface area contributed by atoms with Gasteiger partial charge in [-0.05, 0) is 31.9 Å². The maximum Gasteiger partial charge on any atom is 0.161 e. The fourth-order valence-corrected chi connectivity index (χ4v) is 2.56. The van der Waals surface area contributed by atoms with Crippen LogP contribution in [-0.4, -0.2) is 22.2 Å². The Morgan fingerprint density at radius 1 is 1.24 bits per heavy atom. The molecule has 110 valence electrons. The lowest BCUT2D eigenvalue weighted by atomic mass is 10.1. The molecule has 1 heterocycles. The van der Waals surface area contributed by atoms with Crippen molar-refractivity contribution in [2.75, 3.05) is 11.9 Å². The van der Waals surface area contributed by atoms with Gasteiger partial charge in [-0.15, -0.1) is 5.10 Å². The first-order valence-corrected chi connectivity index (χ1v) is 7.21. The second-order valence-corrected chi connectivity index (χ2v) is 5.76. The molecule has 5 heteroatoms. The molecule has 21 heavy (non-hydrogen) atoms. The molecule has 0 aliphatic carbocycles. The van der Waals surface area contributed by atoms with Gasteiger partial charge in [0.25, 0.3) is 0 Å². The van der Waals surface area contributed by atoms with Crippen LogP contribution < -0.4 is 10.6 Å². The van der Waals surface area contributed by atoms with Gasteiger partial charge in [0.1, 0.15) is 4.99 Å². The quantitative estimate of drug-likeness (QED) is 0.880. The number of thiocarbonyl (C=S) groups is 1. The Hall–Kier alpha value is -2.01. The average molecular weight is 300 g/mol. The average Bonchev–Trinajstić information content (AvgIpc) is 2.41. The van der Waals surface area contributed by atoms with Crippen molar-refractivity contribution in [3.63, 3.8) is 0 Å². The molecule has 0 unspecified atom stereocenters. The van der Waals surface area contributed by atoms with Crippen LogP contribution in [0.5, 0.6) is 0 Å². The highest BCUT2D eigenvalue weighted by Gasteiger charge is 2.17. The lowest BCUT2D eigenvalue weighted by molar-refractivity contribution is 0.847.